The van der Waals surface area contributed by atoms with Crippen molar-refractivity contribution in [3.05, 3.63) is 54.2 Å². The van der Waals surface area contributed by atoms with Crippen molar-refractivity contribution in [1.82, 2.24) is 4.98 Å². The predicted octanol–water partition coefficient (Wildman–Crippen LogP) is 2.39. The minimum absolute atomic E-state index is 0.0213. The van der Waals surface area contributed by atoms with E-state index in [0.29, 0.717) is 23.7 Å². The van der Waals surface area contributed by atoms with E-state index in [1.807, 2.05) is 48.5 Å². The maximum absolute atomic E-state index is 13.7. The molecule has 2 aliphatic rings. The molecule has 10 nitrogen and oxygen atoms in total. The molecule has 1 aliphatic carbocycles. The van der Waals surface area contributed by atoms with E-state index in [1.54, 1.807) is 0 Å². The van der Waals surface area contributed by atoms with Gasteiger partial charge in [-0.15, -0.1) is 0 Å². The van der Waals surface area contributed by atoms with Gasteiger partial charge in [0, 0.05) is 13.2 Å². The lowest BCUT2D eigenvalue weighted by Crippen LogP contribution is -2.60. The molecule has 212 valence electrons. The van der Waals surface area contributed by atoms with Gasteiger partial charge in [0.25, 0.3) is 0 Å². The lowest BCUT2D eigenvalue weighted by molar-refractivity contribution is -0.313. The third-order valence-electron chi connectivity index (χ3n) is 8.29. The molecule has 4 unspecified atom stereocenters. The summed E-state index contributed by atoms with van der Waals surface area (Å²) in [6, 6.07) is 15.7. The quantitative estimate of drug-likeness (QED) is 0.110. The summed E-state index contributed by atoms with van der Waals surface area (Å²) in [4.78, 5) is 16.8. The molecule has 0 bridgehead atoms. The van der Waals surface area contributed by atoms with Gasteiger partial charge in [-0.05, 0) is 59.0 Å². The molecule has 4 atom stereocenters. The second kappa shape index (κ2) is 10.4. The molecule has 0 spiro atoms. The average Bonchev–Trinajstić information content (AvgIpc) is 3.64. The molecule has 6 N–H and O–H groups in total. The van der Waals surface area contributed by atoms with Crippen LogP contribution in [0.1, 0.15) is 37.8 Å². The summed E-state index contributed by atoms with van der Waals surface area (Å²) >= 11 is 0. The van der Waals surface area contributed by atoms with Crippen LogP contribution in [0.4, 0.5) is 0 Å². The first-order valence-electron chi connectivity index (χ1n) is 13.6. The van der Waals surface area contributed by atoms with Crippen molar-refractivity contribution in [2.75, 3.05) is 13.2 Å². The summed E-state index contributed by atoms with van der Waals surface area (Å²) in [7, 11) is 0. The zero-order valence-electron chi connectivity index (χ0n) is 21.9. The number of carbonyl (C=O) groups is 1. The van der Waals surface area contributed by atoms with E-state index in [9.17, 15) is 30.3 Å². The number of hydrogen-bond donors (Lipinski definition) is 6. The van der Waals surface area contributed by atoms with Gasteiger partial charge in [0.15, 0.2) is 11.9 Å². The van der Waals surface area contributed by atoms with Crippen LogP contribution in [0.2, 0.25) is 0 Å². The number of fused-ring (bicyclic) bond motifs is 4. The fourth-order valence-corrected chi connectivity index (χ4v) is 6.18. The molecule has 0 radical (unpaired) electrons. The minimum Gasteiger partial charge on any atom is -0.422 e. The predicted molar refractivity (Wildman–Crippen MR) is 146 cm³/mol. The Morgan fingerprint density at radius 2 is 1.75 bits per heavy atom. The Labute approximate surface area is 229 Å². The maximum Gasteiger partial charge on any atom is 0.343 e. The first kappa shape index (κ1) is 27.1. The zero-order chi connectivity index (χ0) is 28.1. The van der Waals surface area contributed by atoms with Crippen molar-refractivity contribution in [2.24, 2.45) is 0 Å². The van der Waals surface area contributed by atoms with E-state index in [0.717, 1.165) is 21.5 Å². The first-order valence-corrected chi connectivity index (χ1v) is 13.6. The summed E-state index contributed by atoms with van der Waals surface area (Å²) in [5.74, 6) is -3.31. The van der Waals surface area contributed by atoms with Crippen molar-refractivity contribution >= 4 is 38.4 Å². The van der Waals surface area contributed by atoms with Gasteiger partial charge in [0.1, 0.15) is 17.8 Å². The lowest BCUT2D eigenvalue weighted by Gasteiger charge is -2.39. The summed E-state index contributed by atoms with van der Waals surface area (Å²) in [6.07, 6.45) is -2.86. The molecule has 1 aliphatic heterocycles. The molecule has 10 heteroatoms. The molecule has 1 saturated carbocycles. The van der Waals surface area contributed by atoms with Crippen LogP contribution in [-0.2, 0) is 20.9 Å². The lowest BCUT2D eigenvalue weighted by atomic mass is 9.86. The van der Waals surface area contributed by atoms with Crippen molar-refractivity contribution in [3.8, 4) is 5.75 Å². The molecule has 40 heavy (non-hydrogen) atoms. The number of rotatable bonds is 8. The van der Waals surface area contributed by atoms with Crippen LogP contribution in [0.3, 0.4) is 0 Å². The fraction of sp³-hybridized carbons (Fsp3) is 0.433. The van der Waals surface area contributed by atoms with Crippen LogP contribution >= 0.6 is 0 Å². The van der Waals surface area contributed by atoms with E-state index in [-0.39, 0.29) is 43.9 Å². The van der Waals surface area contributed by atoms with Gasteiger partial charge in [0.2, 0.25) is 5.79 Å². The SMILES string of the molecule is O=C(Oc1c(CO)[nH]c2ccc3cc4ccccc4cc3c12)C1OC(O)(C2(O)CCCC2)C(O)C1OCCCO. The van der Waals surface area contributed by atoms with Crippen LogP contribution in [0.25, 0.3) is 32.4 Å². The van der Waals surface area contributed by atoms with Crippen LogP contribution in [0.15, 0.2) is 48.5 Å². The number of H-pyrrole nitrogens is 1. The maximum atomic E-state index is 13.7. The normalized spacial score (nSPS) is 26.3. The Hall–Kier alpha value is -3.09. The molecule has 2 heterocycles. The van der Waals surface area contributed by atoms with Gasteiger partial charge in [-0.1, -0.05) is 43.2 Å². The number of aliphatic hydroxyl groups excluding tert-OH is 3. The zero-order valence-corrected chi connectivity index (χ0v) is 21.9. The van der Waals surface area contributed by atoms with Crippen LogP contribution in [0.5, 0.6) is 5.75 Å². The monoisotopic (exact) mass is 551 g/mol. The summed E-state index contributed by atoms with van der Waals surface area (Å²) in [5, 5.41) is 57.3. The highest BCUT2D eigenvalue weighted by Crippen LogP contribution is 2.47. The highest BCUT2D eigenvalue weighted by molar-refractivity contribution is 6.14. The standard InChI is InChI=1S/C30H33NO9/c32-12-5-13-38-25-26(40-30(37,27(25)34)29(36)10-3-4-11-29)28(35)39-24-22(16-33)31-21-9-8-19-14-17-6-1-2-7-18(17)15-20(19)23(21)24/h1-2,6-9,14-15,25-27,31-34,36-37H,3-5,10-13,16H2. The van der Waals surface area contributed by atoms with Gasteiger partial charge in [0.05, 0.1) is 23.2 Å². The number of esters is 1. The van der Waals surface area contributed by atoms with E-state index in [4.69, 9.17) is 14.2 Å². The van der Waals surface area contributed by atoms with Gasteiger partial charge in [-0.25, -0.2) is 4.79 Å². The smallest absolute Gasteiger partial charge is 0.343 e. The van der Waals surface area contributed by atoms with Crippen molar-refractivity contribution in [3.63, 3.8) is 0 Å². The topological polar surface area (TPSA) is 162 Å². The van der Waals surface area contributed by atoms with Gasteiger partial charge >= 0.3 is 5.97 Å². The van der Waals surface area contributed by atoms with Crippen LogP contribution < -0.4 is 4.74 Å². The molecule has 6 rings (SSSR count). The van der Waals surface area contributed by atoms with E-state index < -0.39 is 42.3 Å². The highest BCUT2D eigenvalue weighted by Gasteiger charge is 2.67. The molecular formula is C30H33NO9. The molecule has 2 fully saturated rings. The molecule has 4 aromatic rings. The number of nitrogens with one attached hydrogen (secondary N) is 1. The Morgan fingerprint density at radius 3 is 2.45 bits per heavy atom. The highest BCUT2D eigenvalue weighted by atomic mass is 16.7. The third kappa shape index (κ3) is 4.27. The summed E-state index contributed by atoms with van der Waals surface area (Å²) in [6.45, 7) is -0.642. The summed E-state index contributed by atoms with van der Waals surface area (Å²) in [5.41, 5.74) is -0.853. The number of aliphatic hydroxyl groups is 5. The first-order chi connectivity index (χ1) is 19.3. The van der Waals surface area contributed by atoms with Crippen LogP contribution in [0, 0.1) is 0 Å². The Morgan fingerprint density at radius 1 is 1.02 bits per heavy atom. The Kier molecular flexibility index (Phi) is 7.04. The number of aromatic amines is 1. The molecular weight excluding hydrogens is 518 g/mol. The number of ether oxygens (including phenoxy) is 3. The molecule has 1 saturated heterocycles. The minimum atomic E-state index is -2.46. The third-order valence-corrected chi connectivity index (χ3v) is 8.29. The van der Waals surface area contributed by atoms with Gasteiger partial charge < -0.3 is 44.7 Å². The van der Waals surface area contributed by atoms with Gasteiger partial charge in [-0.3, -0.25) is 0 Å². The fourth-order valence-electron chi connectivity index (χ4n) is 6.18. The van der Waals surface area contributed by atoms with Crippen LogP contribution in [-0.4, -0.2) is 79.4 Å². The number of hydrogen-bond acceptors (Lipinski definition) is 9. The van der Waals surface area contributed by atoms with E-state index in [1.165, 1.54) is 0 Å². The largest absolute Gasteiger partial charge is 0.422 e. The van der Waals surface area contributed by atoms with Crippen molar-refractivity contribution < 1.29 is 44.5 Å². The van der Waals surface area contributed by atoms with E-state index >= 15 is 0 Å². The Bertz CT molecular complexity index is 1560. The van der Waals surface area contributed by atoms with E-state index in [2.05, 4.69) is 4.98 Å². The second-order valence-corrected chi connectivity index (χ2v) is 10.8. The van der Waals surface area contributed by atoms with Crippen molar-refractivity contribution in [1.29, 1.82) is 0 Å². The average molecular weight is 552 g/mol. The molecule has 1 aromatic heterocycles. The number of aromatic nitrogens is 1. The number of benzene rings is 3. The van der Waals surface area contributed by atoms with Gasteiger partial charge in [-0.2, -0.15) is 0 Å². The summed E-state index contributed by atoms with van der Waals surface area (Å²) < 4.78 is 17.3. The van der Waals surface area contributed by atoms with Crippen molar-refractivity contribution in [2.45, 2.75) is 68.4 Å². The number of carbonyl (C=O) groups excluding carboxylic acids is 1. The molecule has 3 aromatic carbocycles. The second-order valence-electron chi connectivity index (χ2n) is 10.8. The Balaban J connectivity index is 1.40. The molecule has 0 amide bonds.